The van der Waals surface area contributed by atoms with Crippen LogP contribution in [0.15, 0.2) is 24.3 Å². The van der Waals surface area contributed by atoms with Gasteiger partial charge in [0.1, 0.15) is 0 Å². The van der Waals surface area contributed by atoms with Crippen molar-refractivity contribution in [3.05, 3.63) is 29.8 Å². The van der Waals surface area contributed by atoms with Crippen molar-refractivity contribution < 1.29 is 0 Å². The quantitative estimate of drug-likeness (QED) is 0.884. The van der Waals surface area contributed by atoms with Gasteiger partial charge in [0.05, 0.1) is 0 Å². The Bertz CT molecular complexity index is 366. The molecule has 1 unspecified atom stereocenters. The molecule has 0 spiro atoms. The van der Waals surface area contributed by atoms with Gasteiger partial charge in [-0.2, -0.15) is 0 Å². The second-order valence-corrected chi connectivity index (χ2v) is 5.43. The first kappa shape index (κ1) is 14.4. The minimum absolute atomic E-state index is 0.176. The lowest BCUT2D eigenvalue weighted by Gasteiger charge is -2.36. The third kappa shape index (κ3) is 3.71. The number of piperazine rings is 1. The zero-order chi connectivity index (χ0) is 13.7. The van der Waals surface area contributed by atoms with Gasteiger partial charge >= 0.3 is 0 Å². The molecule has 0 aromatic heterocycles. The summed E-state index contributed by atoms with van der Waals surface area (Å²) in [5.41, 5.74) is 8.64. The lowest BCUT2D eigenvalue weighted by Crippen LogP contribution is -2.46. The molecule has 1 saturated heterocycles. The number of rotatable bonds is 5. The van der Waals surface area contributed by atoms with Crippen molar-refractivity contribution in [2.45, 2.75) is 32.7 Å². The molecule has 2 rings (SSSR count). The number of benzene rings is 1. The molecule has 1 aliphatic heterocycles. The lowest BCUT2D eigenvalue weighted by atomic mass is 10.0. The SMILES string of the molecule is CCCN1CCN(c2ccc(C(N)CC)cc2)CC1. The molecule has 0 aliphatic carbocycles. The standard InChI is InChI=1S/C16H27N3/c1-3-9-18-10-12-19(13-11-18)15-7-5-14(6-8-15)16(17)4-2/h5-8,16H,3-4,9-13,17H2,1-2H3. The Labute approximate surface area is 117 Å². The molecule has 0 saturated carbocycles. The molecule has 1 aromatic carbocycles. The number of anilines is 1. The van der Waals surface area contributed by atoms with E-state index in [1.54, 1.807) is 0 Å². The summed E-state index contributed by atoms with van der Waals surface area (Å²) in [5, 5.41) is 0. The highest BCUT2D eigenvalue weighted by atomic mass is 15.3. The maximum atomic E-state index is 6.05. The van der Waals surface area contributed by atoms with E-state index in [1.165, 1.54) is 37.3 Å². The van der Waals surface area contributed by atoms with Crippen molar-refractivity contribution in [2.75, 3.05) is 37.6 Å². The van der Waals surface area contributed by atoms with E-state index >= 15 is 0 Å². The summed E-state index contributed by atoms with van der Waals surface area (Å²) < 4.78 is 0. The Balaban J connectivity index is 1.92. The minimum atomic E-state index is 0.176. The molecule has 106 valence electrons. The normalized spacial score (nSPS) is 18.6. The van der Waals surface area contributed by atoms with Gasteiger partial charge in [0.25, 0.3) is 0 Å². The maximum Gasteiger partial charge on any atom is 0.0367 e. The first-order chi connectivity index (χ1) is 9.24. The molecule has 19 heavy (non-hydrogen) atoms. The van der Waals surface area contributed by atoms with Crippen LogP contribution in [-0.2, 0) is 0 Å². The second kappa shape index (κ2) is 6.92. The highest BCUT2D eigenvalue weighted by Gasteiger charge is 2.16. The average Bonchev–Trinajstić information content (AvgIpc) is 2.48. The van der Waals surface area contributed by atoms with E-state index in [0.29, 0.717) is 0 Å². The third-order valence-electron chi connectivity index (χ3n) is 4.04. The Morgan fingerprint density at radius 3 is 2.21 bits per heavy atom. The highest BCUT2D eigenvalue weighted by molar-refractivity contribution is 5.48. The smallest absolute Gasteiger partial charge is 0.0367 e. The number of hydrogen-bond donors (Lipinski definition) is 1. The summed E-state index contributed by atoms with van der Waals surface area (Å²) >= 11 is 0. The largest absolute Gasteiger partial charge is 0.369 e. The van der Waals surface area contributed by atoms with E-state index in [4.69, 9.17) is 5.73 Å². The van der Waals surface area contributed by atoms with Crippen molar-refractivity contribution in [3.8, 4) is 0 Å². The van der Waals surface area contributed by atoms with E-state index in [1.807, 2.05) is 0 Å². The molecular weight excluding hydrogens is 234 g/mol. The van der Waals surface area contributed by atoms with Gasteiger partial charge in [-0.1, -0.05) is 26.0 Å². The van der Waals surface area contributed by atoms with Crippen molar-refractivity contribution >= 4 is 5.69 Å². The monoisotopic (exact) mass is 261 g/mol. The van der Waals surface area contributed by atoms with Crippen LogP contribution in [-0.4, -0.2) is 37.6 Å². The van der Waals surface area contributed by atoms with E-state index in [0.717, 1.165) is 19.5 Å². The van der Waals surface area contributed by atoms with Crippen LogP contribution < -0.4 is 10.6 Å². The first-order valence-electron chi connectivity index (χ1n) is 7.57. The zero-order valence-electron chi connectivity index (χ0n) is 12.3. The van der Waals surface area contributed by atoms with Crippen LogP contribution in [0.1, 0.15) is 38.3 Å². The van der Waals surface area contributed by atoms with E-state index in [9.17, 15) is 0 Å². The predicted molar refractivity (Wildman–Crippen MR) is 82.6 cm³/mol. The molecule has 1 heterocycles. The van der Waals surface area contributed by atoms with Gasteiger partial charge in [0, 0.05) is 37.9 Å². The second-order valence-electron chi connectivity index (χ2n) is 5.43. The van der Waals surface area contributed by atoms with Crippen LogP contribution in [0.3, 0.4) is 0 Å². The van der Waals surface area contributed by atoms with E-state index < -0.39 is 0 Å². The molecule has 1 fully saturated rings. The molecule has 1 atom stereocenters. The van der Waals surface area contributed by atoms with E-state index in [2.05, 4.69) is 47.9 Å². The number of nitrogens with zero attached hydrogens (tertiary/aromatic N) is 2. The van der Waals surface area contributed by atoms with Crippen molar-refractivity contribution in [2.24, 2.45) is 5.73 Å². The Morgan fingerprint density at radius 2 is 1.68 bits per heavy atom. The Hall–Kier alpha value is -1.06. The van der Waals surface area contributed by atoms with Crippen LogP contribution >= 0.6 is 0 Å². The van der Waals surface area contributed by atoms with Crippen molar-refractivity contribution in [3.63, 3.8) is 0 Å². The van der Waals surface area contributed by atoms with Crippen LogP contribution in [0.4, 0.5) is 5.69 Å². The first-order valence-corrected chi connectivity index (χ1v) is 7.57. The van der Waals surface area contributed by atoms with Crippen LogP contribution in [0.25, 0.3) is 0 Å². The Morgan fingerprint density at radius 1 is 1.05 bits per heavy atom. The summed E-state index contributed by atoms with van der Waals surface area (Å²) in [6.45, 7) is 10.3. The Kier molecular flexibility index (Phi) is 5.23. The molecule has 0 radical (unpaired) electrons. The molecule has 3 heteroatoms. The van der Waals surface area contributed by atoms with Gasteiger partial charge in [-0.05, 0) is 37.1 Å². The number of hydrogen-bond acceptors (Lipinski definition) is 3. The van der Waals surface area contributed by atoms with Gasteiger partial charge < -0.3 is 10.6 Å². The van der Waals surface area contributed by atoms with Crippen LogP contribution in [0.5, 0.6) is 0 Å². The van der Waals surface area contributed by atoms with Gasteiger partial charge in [-0.25, -0.2) is 0 Å². The number of nitrogens with two attached hydrogens (primary N) is 1. The molecule has 3 nitrogen and oxygen atoms in total. The van der Waals surface area contributed by atoms with Gasteiger partial charge in [-0.15, -0.1) is 0 Å². The van der Waals surface area contributed by atoms with Crippen molar-refractivity contribution in [1.82, 2.24) is 4.90 Å². The topological polar surface area (TPSA) is 32.5 Å². The molecule has 1 aromatic rings. The van der Waals surface area contributed by atoms with Gasteiger partial charge in [0.2, 0.25) is 0 Å². The van der Waals surface area contributed by atoms with Gasteiger partial charge in [0.15, 0.2) is 0 Å². The fraction of sp³-hybridized carbons (Fsp3) is 0.625. The molecular formula is C16H27N3. The highest BCUT2D eigenvalue weighted by Crippen LogP contribution is 2.20. The lowest BCUT2D eigenvalue weighted by molar-refractivity contribution is 0.258. The van der Waals surface area contributed by atoms with Crippen LogP contribution in [0.2, 0.25) is 0 Å². The fourth-order valence-electron chi connectivity index (χ4n) is 2.71. The summed E-state index contributed by atoms with van der Waals surface area (Å²) in [6, 6.07) is 8.99. The maximum absolute atomic E-state index is 6.05. The predicted octanol–water partition coefficient (Wildman–Crippen LogP) is 2.63. The van der Waals surface area contributed by atoms with E-state index in [-0.39, 0.29) is 6.04 Å². The van der Waals surface area contributed by atoms with Gasteiger partial charge in [-0.3, -0.25) is 4.90 Å². The fourth-order valence-corrected chi connectivity index (χ4v) is 2.71. The van der Waals surface area contributed by atoms with Crippen LogP contribution in [0, 0.1) is 0 Å². The summed E-state index contributed by atoms with van der Waals surface area (Å²) in [5.74, 6) is 0. The average molecular weight is 261 g/mol. The minimum Gasteiger partial charge on any atom is -0.369 e. The zero-order valence-corrected chi connectivity index (χ0v) is 12.3. The molecule has 1 aliphatic rings. The van der Waals surface area contributed by atoms with Crippen molar-refractivity contribution in [1.29, 1.82) is 0 Å². The molecule has 0 bridgehead atoms. The molecule has 0 amide bonds. The molecule has 2 N–H and O–H groups in total. The third-order valence-corrected chi connectivity index (χ3v) is 4.04. The summed E-state index contributed by atoms with van der Waals surface area (Å²) in [6.07, 6.45) is 2.25. The summed E-state index contributed by atoms with van der Waals surface area (Å²) in [7, 11) is 0. The summed E-state index contributed by atoms with van der Waals surface area (Å²) in [4.78, 5) is 5.03.